The fraction of sp³-hybridized carbons (Fsp3) is 0.462. The van der Waals surface area contributed by atoms with Gasteiger partial charge in [-0.15, -0.1) is 11.3 Å². The van der Waals surface area contributed by atoms with Gasteiger partial charge in [0.1, 0.15) is 5.82 Å². The summed E-state index contributed by atoms with van der Waals surface area (Å²) in [6, 6.07) is 6.70. The molecule has 0 spiro atoms. The van der Waals surface area contributed by atoms with Crippen molar-refractivity contribution in [2.24, 2.45) is 17.6 Å². The molecule has 200 valence electrons. The third-order valence-corrected chi connectivity index (χ3v) is 11.0. The van der Waals surface area contributed by atoms with Crippen LogP contribution in [0.3, 0.4) is 0 Å². The fourth-order valence-corrected chi connectivity index (χ4v) is 9.00. The third kappa shape index (κ3) is 4.69. The standard InChI is InChI=1S/C26H28FN5O4S2/c1-26(6-9-36-10-7-26)24-31-22(15-4-2-3-14(20(15)27)11-19(28)33)23(37-24)18-5-8-29-25(30-18)32-21-16-12-38(34,35)13-17(16)21/h2-5,8,16-17,21H,6-7,9-13H2,1H3,(H2,28,33)(H,29,30,32)/t16-,17+,21?. The topological polar surface area (TPSA) is 137 Å². The number of sulfone groups is 1. The molecule has 6 rings (SSSR count). The molecular formula is C26H28FN5O4S2. The van der Waals surface area contributed by atoms with Crippen LogP contribution in [-0.2, 0) is 31.2 Å². The number of aromatic nitrogens is 3. The van der Waals surface area contributed by atoms with Gasteiger partial charge in [-0.25, -0.2) is 27.8 Å². The van der Waals surface area contributed by atoms with Gasteiger partial charge in [0, 0.05) is 36.4 Å². The molecule has 4 heterocycles. The van der Waals surface area contributed by atoms with Crippen LogP contribution in [0.2, 0.25) is 0 Å². The van der Waals surface area contributed by atoms with Gasteiger partial charge in [-0.05, 0) is 42.4 Å². The van der Waals surface area contributed by atoms with E-state index in [1.54, 1.807) is 30.5 Å². The predicted molar refractivity (Wildman–Crippen MR) is 142 cm³/mol. The largest absolute Gasteiger partial charge is 0.381 e. The highest BCUT2D eigenvalue weighted by atomic mass is 32.2. The van der Waals surface area contributed by atoms with Crippen molar-refractivity contribution in [2.75, 3.05) is 30.0 Å². The summed E-state index contributed by atoms with van der Waals surface area (Å²) in [5.41, 5.74) is 6.68. The Morgan fingerprint density at radius 2 is 1.95 bits per heavy atom. The maximum Gasteiger partial charge on any atom is 0.223 e. The van der Waals surface area contributed by atoms with Crippen molar-refractivity contribution < 1.29 is 22.3 Å². The molecule has 1 amide bonds. The zero-order valence-electron chi connectivity index (χ0n) is 20.8. The first-order chi connectivity index (χ1) is 18.1. The van der Waals surface area contributed by atoms with Crippen LogP contribution in [0.25, 0.3) is 21.8 Å². The summed E-state index contributed by atoms with van der Waals surface area (Å²) in [6.07, 6.45) is 3.03. The Hall–Kier alpha value is -2.96. The molecule has 0 radical (unpaired) electrons. The molecule has 2 aromatic heterocycles. The zero-order valence-corrected chi connectivity index (χ0v) is 22.4. The number of anilines is 1. The highest BCUT2D eigenvalue weighted by molar-refractivity contribution is 7.91. The van der Waals surface area contributed by atoms with Crippen LogP contribution in [0.5, 0.6) is 0 Å². The average molecular weight is 558 g/mol. The molecule has 2 saturated heterocycles. The summed E-state index contributed by atoms with van der Waals surface area (Å²) in [4.78, 5) is 26.3. The molecule has 38 heavy (non-hydrogen) atoms. The highest BCUT2D eigenvalue weighted by Crippen LogP contribution is 2.48. The Labute approximate surface area is 224 Å². The van der Waals surface area contributed by atoms with Gasteiger partial charge in [0.15, 0.2) is 9.84 Å². The summed E-state index contributed by atoms with van der Waals surface area (Å²) in [5, 5.41) is 4.18. The van der Waals surface area contributed by atoms with E-state index < -0.39 is 21.6 Å². The minimum atomic E-state index is -2.95. The Kier molecular flexibility index (Phi) is 6.23. The van der Waals surface area contributed by atoms with Crippen molar-refractivity contribution in [1.29, 1.82) is 0 Å². The lowest BCUT2D eigenvalue weighted by Crippen LogP contribution is -2.30. The van der Waals surface area contributed by atoms with Crippen LogP contribution in [0.15, 0.2) is 30.5 Å². The van der Waals surface area contributed by atoms with E-state index in [1.165, 1.54) is 11.3 Å². The molecule has 1 aromatic carbocycles. The number of nitrogens with one attached hydrogen (secondary N) is 1. The molecule has 2 aliphatic heterocycles. The van der Waals surface area contributed by atoms with Gasteiger partial charge in [0.2, 0.25) is 11.9 Å². The molecule has 3 fully saturated rings. The van der Waals surface area contributed by atoms with Crippen LogP contribution in [0.4, 0.5) is 10.3 Å². The fourth-order valence-electron chi connectivity index (χ4n) is 5.53. The lowest BCUT2D eigenvalue weighted by molar-refractivity contribution is -0.117. The van der Waals surface area contributed by atoms with Crippen molar-refractivity contribution >= 4 is 33.0 Å². The van der Waals surface area contributed by atoms with Gasteiger partial charge in [0.05, 0.1) is 39.2 Å². The first kappa shape index (κ1) is 25.3. The highest BCUT2D eigenvalue weighted by Gasteiger charge is 2.59. The molecule has 12 heteroatoms. The lowest BCUT2D eigenvalue weighted by atomic mass is 9.83. The van der Waals surface area contributed by atoms with Crippen LogP contribution in [-0.4, -0.2) is 60.0 Å². The number of hydrogen-bond acceptors (Lipinski definition) is 9. The number of benzene rings is 1. The number of nitrogens with two attached hydrogens (primary N) is 1. The molecule has 3 atom stereocenters. The summed E-state index contributed by atoms with van der Waals surface area (Å²) in [7, 11) is -2.95. The van der Waals surface area contributed by atoms with Crippen molar-refractivity contribution in [1.82, 2.24) is 15.0 Å². The second-order valence-corrected chi connectivity index (χ2v) is 13.8. The number of thiazole rings is 1. The number of carbonyl (C=O) groups excluding carboxylic acids is 1. The second-order valence-electron chi connectivity index (χ2n) is 10.6. The van der Waals surface area contributed by atoms with Crippen LogP contribution < -0.4 is 11.1 Å². The number of rotatable bonds is 7. The molecular weight excluding hydrogens is 529 g/mol. The second kappa shape index (κ2) is 9.35. The van der Waals surface area contributed by atoms with E-state index in [1.807, 2.05) is 0 Å². The Morgan fingerprint density at radius 1 is 1.21 bits per heavy atom. The quantitative estimate of drug-likeness (QED) is 0.452. The van der Waals surface area contributed by atoms with Gasteiger partial charge >= 0.3 is 0 Å². The van der Waals surface area contributed by atoms with Gasteiger partial charge in [0.25, 0.3) is 0 Å². The van der Waals surface area contributed by atoms with Gasteiger partial charge < -0.3 is 15.8 Å². The molecule has 3 aromatic rings. The number of halogens is 1. The molecule has 3 aliphatic rings. The molecule has 1 saturated carbocycles. The summed E-state index contributed by atoms with van der Waals surface area (Å²) in [5.74, 6) is -0.163. The molecule has 1 aliphatic carbocycles. The van der Waals surface area contributed by atoms with Crippen LogP contribution >= 0.6 is 11.3 Å². The third-order valence-electron chi connectivity index (χ3n) is 7.85. The Bertz CT molecular complexity index is 1500. The molecule has 0 bridgehead atoms. The number of ether oxygens (including phenoxy) is 1. The van der Waals surface area contributed by atoms with E-state index in [2.05, 4.69) is 17.2 Å². The SMILES string of the molecule is CC1(c2nc(-c3cccc(CC(N)=O)c3F)c(-c3ccnc(NC4[C@H]5CS(=O)(=O)C[C@@H]45)n3)s2)CCOCC1. The predicted octanol–water partition coefficient (Wildman–Crippen LogP) is 2.96. The number of primary amides is 1. The summed E-state index contributed by atoms with van der Waals surface area (Å²) < 4.78 is 44.9. The van der Waals surface area contributed by atoms with Crippen molar-refractivity contribution in [2.45, 2.75) is 37.6 Å². The van der Waals surface area contributed by atoms with E-state index >= 15 is 4.39 Å². The number of hydrogen-bond donors (Lipinski definition) is 2. The van der Waals surface area contributed by atoms with E-state index in [9.17, 15) is 13.2 Å². The van der Waals surface area contributed by atoms with E-state index in [0.717, 1.165) is 17.8 Å². The van der Waals surface area contributed by atoms with Crippen LogP contribution in [0.1, 0.15) is 30.3 Å². The minimum Gasteiger partial charge on any atom is -0.381 e. The number of amides is 1. The first-order valence-corrected chi connectivity index (χ1v) is 15.2. The zero-order chi connectivity index (χ0) is 26.7. The number of nitrogens with zero attached hydrogens (tertiary/aromatic N) is 3. The lowest BCUT2D eigenvalue weighted by Gasteiger charge is -2.31. The normalized spacial score (nSPS) is 25.1. The molecule has 9 nitrogen and oxygen atoms in total. The molecule has 3 N–H and O–H groups in total. The van der Waals surface area contributed by atoms with Gasteiger partial charge in [-0.2, -0.15) is 0 Å². The van der Waals surface area contributed by atoms with Crippen molar-refractivity contribution in [3.8, 4) is 21.8 Å². The maximum absolute atomic E-state index is 15.7. The van der Waals surface area contributed by atoms with Gasteiger partial charge in [-0.1, -0.05) is 19.1 Å². The maximum atomic E-state index is 15.7. The van der Waals surface area contributed by atoms with Crippen molar-refractivity contribution in [3.05, 3.63) is 46.9 Å². The summed E-state index contributed by atoms with van der Waals surface area (Å²) in [6.45, 7) is 3.41. The van der Waals surface area contributed by atoms with Gasteiger partial charge in [-0.3, -0.25) is 4.79 Å². The smallest absolute Gasteiger partial charge is 0.223 e. The van der Waals surface area contributed by atoms with Crippen molar-refractivity contribution in [3.63, 3.8) is 0 Å². The Morgan fingerprint density at radius 3 is 2.66 bits per heavy atom. The van der Waals surface area contributed by atoms with E-state index in [-0.39, 0.29) is 52.3 Å². The minimum absolute atomic E-state index is 0.0364. The summed E-state index contributed by atoms with van der Waals surface area (Å²) >= 11 is 1.48. The van der Waals surface area contributed by atoms with E-state index in [0.29, 0.717) is 35.4 Å². The average Bonchev–Trinajstić information content (AvgIpc) is 3.21. The van der Waals surface area contributed by atoms with E-state index in [4.69, 9.17) is 20.4 Å². The first-order valence-electron chi connectivity index (χ1n) is 12.6. The monoisotopic (exact) mass is 557 g/mol. The number of carbonyl (C=O) groups is 1. The number of fused-ring (bicyclic) bond motifs is 1. The Balaban J connectivity index is 1.39. The van der Waals surface area contributed by atoms with Crippen LogP contribution in [0, 0.1) is 17.7 Å². The molecule has 1 unspecified atom stereocenters.